The van der Waals surface area contributed by atoms with Gasteiger partial charge in [0.05, 0.1) is 11.4 Å². The van der Waals surface area contributed by atoms with Crippen LogP contribution in [0, 0.1) is 5.82 Å². The molecule has 0 bridgehead atoms. The van der Waals surface area contributed by atoms with E-state index in [4.69, 9.17) is 5.73 Å². The molecule has 3 rings (SSSR count). The normalized spacial score (nSPS) is 10.7. The summed E-state index contributed by atoms with van der Waals surface area (Å²) in [7, 11) is 0. The third kappa shape index (κ3) is 3.62. The Morgan fingerprint density at radius 3 is 2.71 bits per heavy atom. The van der Waals surface area contributed by atoms with Gasteiger partial charge in [-0.05, 0) is 36.4 Å². The van der Waals surface area contributed by atoms with Crippen molar-refractivity contribution >= 4 is 28.8 Å². The number of aromatic nitrogens is 1. The molecule has 106 valence electrons. The fraction of sp³-hybridized carbons (Fsp3) is 0.0625. The molecule has 3 aromatic rings. The van der Waals surface area contributed by atoms with Crippen molar-refractivity contribution in [3.05, 3.63) is 64.7 Å². The second kappa shape index (κ2) is 6.28. The van der Waals surface area contributed by atoms with Crippen molar-refractivity contribution in [3.8, 4) is 11.3 Å². The van der Waals surface area contributed by atoms with E-state index in [1.807, 2.05) is 29.6 Å². The number of thiazole rings is 1. The first kappa shape index (κ1) is 14.1. The first-order chi connectivity index (χ1) is 10.2. The summed E-state index contributed by atoms with van der Waals surface area (Å²) >= 11 is 3.28. The highest BCUT2D eigenvalue weighted by molar-refractivity contribution is 7.98. The van der Waals surface area contributed by atoms with Crippen molar-refractivity contribution in [1.29, 1.82) is 0 Å². The summed E-state index contributed by atoms with van der Waals surface area (Å²) in [4.78, 5) is 5.66. The van der Waals surface area contributed by atoms with Gasteiger partial charge in [-0.3, -0.25) is 0 Å². The van der Waals surface area contributed by atoms with Crippen LogP contribution in [0.1, 0.15) is 5.01 Å². The Morgan fingerprint density at radius 1 is 1.14 bits per heavy atom. The van der Waals surface area contributed by atoms with Crippen LogP contribution in [-0.2, 0) is 5.75 Å². The number of hydrogen-bond donors (Lipinski definition) is 1. The molecule has 0 spiro atoms. The largest absolute Gasteiger partial charge is 0.399 e. The van der Waals surface area contributed by atoms with Gasteiger partial charge in [-0.2, -0.15) is 0 Å². The average Bonchev–Trinajstić information content (AvgIpc) is 2.96. The van der Waals surface area contributed by atoms with Crippen molar-refractivity contribution in [2.24, 2.45) is 0 Å². The highest BCUT2D eigenvalue weighted by atomic mass is 32.2. The summed E-state index contributed by atoms with van der Waals surface area (Å²) in [6.07, 6.45) is 0. The first-order valence-corrected chi connectivity index (χ1v) is 8.26. The Kier molecular flexibility index (Phi) is 4.22. The maximum atomic E-state index is 12.8. The van der Waals surface area contributed by atoms with Gasteiger partial charge in [0, 0.05) is 21.5 Å². The Bertz CT molecular complexity index is 738. The lowest BCUT2D eigenvalue weighted by atomic mass is 10.1. The van der Waals surface area contributed by atoms with Crippen molar-refractivity contribution in [3.63, 3.8) is 0 Å². The number of nitrogens with two attached hydrogens (primary N) is 1. The van der Waals surface area contributed by atoms with E-state index >= 15 is 0 Å². The van der Waals surface area contributed by atoms with Gasteiger partial charge in [0.2, 0.25) is 0 Å². The monoisotopic (exact) mass is 316 g/mol. The number of anilines is 1. The van der Waals surface area contributed by atoms with Crippen molar-refractivity contribution in [2.45, 2.75) is 10.6 Å². The SMILES string of the molecule is Nc1cccc(-c2csc(CSc3ccc(F)cc3)n2)c1. The van der Waals surface area contributed by atoms with Crippen LogP contribution in [0.3, 0.4) is 0 Å². The number of hydrogen-bond acceptors (Lipinski definition) is 4. The molecule has 0 aliphatic carbocycles. The average molecular weight is 316 g/mol. The van der Waals surface area contributed by atoms with E-state index in [-0.39, 0.29) is 5.82 Å². The van der Waals surface area contributed by atoms with Crippen LogP contribution in [0.15, 0.2) is 58.8 Å². The minimum atomic E-state index is -0.211. The minimum absolute atomic E-state index is 0.211. The van der Waals surface area contributed by atoms with Crippen LogP contribution in [0.4, 0.5) is 10.1 Å². The van der Waals surface area contributed by atoms with E-state index in [9.17, 15) is 4.39 Å². The maximum Gasteiger partial charge on any atom is 0.123 e. The fourth-order valence-corrected chi connectivity index (χ4v) is 3.60. The zero-order valence-electron chi connectivity index (χ0n) is 11.1. The Balaban J connectivity index is 1.69. The Labute approximate surface area is 130 Å². The molecule has 0 unspecified atom stereocenters. The molecule has 2 nitrogen and oxygen atoms in total. The second-order valence-corrected chi connectivity index (χ2v) is 6.49. The van der Waals surface area contributed by atoms with Crippen LogP contribution < -0.4 is 5.73 Å². The molecular weight excluding hydrogens is 303 g/mol. The quantitative estimate of drug-likeness (QED) is 0.554. The lowest BCUT2D eigenvalue weighted by Crippen LogP contribution is -1.86. The van der Waals surface area contributed by atoms with Gasteiger partial charge < -0.3 is 5.73 Å². The van der Waals surface area contributed by atoms with E-state index in [0.717, 1.165) is 32.6 Å². The lowest BCUT2D eigenvalue weighted by Gasteiger charge is -1.99. The van der Waals surface area contributed by atoms with Gasteiger partial charge in [-0.15, -0.1) is 23.1 Å². The van der Waals surface area contributed by atoms with Crippen LogP contribution in [-0.4, -0.2) is 4.98 Å². The van der Waals surface area contributed by atoms with Gasteiger partial charge in [-0.1, -0.05) is 12.1 Å². The lowest BCUT2D eigenvalue weighted by molar-refractivity contribution is 0.626. The van der Waals surface area contributed by atoms with Gasteiger partial charge >= 0.3 is 0 Å². The van der Waals surface area contributed by atoms with Crippen molar-refractivity contribution in [1.82, 2.24) is 4.98 Å². The standard InChI is InChI=1S/C16H13FN2S2/c17-12-4-6-14(7-5-12)20-10-16-19-15(9-21-16)11-2-1-3-13(18)8-11/h1-9H,10,18H2. The first-order valence-electron chi connectivity index (χ1n) is 6.39. The number of rotatable bonds is 4. The second-order valence-electron chi connectivity index (χ2n) is 4.49. The van der Waals surface area contributed by atoms with Gasteiger partial charge in [0.1, 0.15) is 10.8 Å². The van der Waals surface area contributed by atoms with E-state index in [1.165, 1.54) is 12.1 Å². The van der Waals surface area contributed by atoms with Gasteiger partial charge in [0.15, 0.2) is 0 Å². The molecule has 1 aromatic heterocycles. The van der Waals surface area contributed by atoms with Crippen LogP contribution >= 0.6 is 23.1 Å². The summed E-state index contributed by atoms with van der Waals surface area (Å²) in [5.74, 6) is 0.566. The highest BCUT2D eigenvalue weighted by Crippen LogP contribution is 2.28. The third-order valence-electron chi connectivity index (χ3n) is 2.91. The number of benzene rings is 2. The third-order valence-corrected chi connectivity index (χ3v) is 4.96. The van der Waals surface area contributed by atoms with Crippen molar-refractivity contribution in [2.75, 3.05) is 5.73 Å². The predicted molar refractivity (Wildman–Crippen MR) is 87.9 cm³/mol. The topological polar surface area (TPSA) is 38.9 Å². The molecule has 0 fully saturated rings. The smallest absolute Gasteiger partial charge is 0.123 e. The summed E-state index contributed by atoms with van der Waals surface area (Å²) in [5, 5.41) is 3.08. The molecule has 5 heteroatoms. The molecule has 0 aliphatic heterocycles. The maximum absolute atomic E-state index is 12.8. The molecule has 21 heavy (non-hydrogen) atoms. The number of nitrogen functional groups attached to an aromatic ring is 1. The molecule has 0 saturated carbocycles. The molecule has 2 N–H and O–H groups in total. The fourth-order valence-electron chi connectivity index (χ4n) is 1.88. The molecule has 1 heterocycles. The molecule has 0 atom stereocenters. The van der Waals surface area contributed by atoms with E-state index in [1.54, 1.807) is 35.2 Å². The van der Waals surface area contributed by atoms with Crippen LogP contribution in [0.5, 0.6) is 0 Å². The number of halogens is 1. The minimum Gasteiger partial charge on any atom is -0.399 e. The van der Waals surface area contributed by atoms with Crippen LogP contribution in [0.2, 0.25) is 0 Å². The van der Waals surface area contributed by atoms with Crippen molar-refractivity contribution < 1.29 is 4.39 Å². The molecule has 2 aromatic carbocycles. The zero-order chi connectivity index (χ0) is 14.7. The van der Waals surface area contributed by atoms with E-state index in [0.29, 0.717) is 0 Å². The van der Waals surface area contributed by atoms with Gasteiger partial charge in [-0.25, -0.2) is 9.37 Å². The Morgan fingerprint density at radius 2 is 1.95 bits per heavy atom. The van der Waals surface area contributed by atoms with Gasteiger partial charge in [0.25, 0.3) is 0 Å². The summed E-state index contributed by atoms with van der Waals surface area (Å²) < 4.78 is 12.8. The molecular formula is C16H13FN2S2. The zero-order valence-corrected chi connectivity index (χ0v) is 12.8. The summed E-state index contributed by atoms with van der Waals surface area (Å²) in [5.41, 5.74) is 8.51. The number of thioether (sulfide) groups is 1. The summed E-state index contributed by atoms with van der Waals surface area (Å²) in [6.45, 7) is 0. The van der Waals surface area contributed by atoms with Crippen LogP contribution in [0.25, 0.3) is 11.3 Å². The predicted octanol–water partition coefficient (Wildman–Crippen LogP) is 4.82. The summed E-state index contributed by atoms with van der Waals surface area (Å²) in [6, 6.07) is 14.2. The molecule has 0 radical (unpaired) electrons. The van der Waals surface area contributed by atoms with E-state index < -0.39 is 0 Å². The highest BCUT2D eigenvalue weighted by Gasteiger charge is 2.05. The molecule has 0 amide bonds. The molecule has 0 aliphatic rings. The molecule has 0 saturated heterocycles. The van der Waals surface area contributed by atoms with E-state index in [2.05, 4.69) is 4.98 Å². The Hall–Kier alpha value is -1.85. The number of nitrogens with zero attached hydrogens (tertiary/aromatic N) is 1.